The minimum absolute atomic E-state index is 0.264. The normalized spacial score (nSPS) is 17.9. The molecule has 0 saturated carbocycles. The van der Waals surface area contributed by atoms with E-state index < -0.39 is 5.97 Å². The zero-order chi connectivity index (χ0) is 10.4. The molecule has 4 nitrogen and oxygen atoms in total. The van der Waals surface area contributed by atoms with Gasteiger partial charge in [-0.05, 0) is 36.1 Å². The first-order chi connectivity index (χ1) is 7.24. The van der Waals surface area contributed by atoms with Crippen molar-refractivity contribution in [1.29, 1.82) is 0 Å². The van der Waals surface area contributed by atoms with Crippen LogP contribution in [0.5, 0.6) is 11.5 Å². The Bertz CT molecular complexity index is 405. The van der Waals surface area contributed by atoms with E-state index in [2.05, 4.69) is 0 Å². The van der Waals surface area contributed by atoms with Crippen molar-refractivity contribution < 1.29 is 19.4 Å². The number of benzene rings is 1. The van der Waals surface area contributed by atoms with Crippen LogP contribution in [0.15, 0.2) is 12.1 Å². The summed E-state index contributed by atoms with van der Waals surface area (Å²) in [7, 11) is 0. The molecule has 3 rings (SSSR count). The molecular formula is C11H10O4. The summed E-state index contributed by atoms with van der Waals surface area (Å²) in [6.45, 7) is 0.264. The molecule has 15 heavy (non-hydrogen) atoms. The van der Waals surface area contributed by atoms with Gasteiger partial charge in [-0.25, -0.2) is 0 Å². The maximum Gasteiger partial charge on any atom is 0.307 e. The lowest BCUT2D eigenvalue weighted by atomic mass is 10.1. The summed E-state index contributed by atoms with van der Waals surface area (Å²) in [4.78, 5) is 10.9. The van der Waals surface area contributed by atoms with Gasteiger partial charge < -0.3 is 14.6 Å². The van der Waals surface area contributed by atoms with Gasteiger partial charge in [0.1, 0.15) is 0 Å². The molecule has 0 aromatic heterocycles. The second kappa shape index (κ2) is 2.89. The molecule has 1 N–H and O–H groups in total. The summed E-state index contributed by atoms with van der Waals surface area (Å²) in [6.07, 6.45) is 1.20. The Morgan fingerprint density at radius 3 is 2.20 bits per heavy atom. The van der Waals surface area contributed by atoms with Gasteiger partial charge in [-0.15, -0.1) is 0 Å². The topological polar surface area (TPSA) is 55.8 Å². The van der Waals surface area contributed by atoms with Gasteiger partial charge in [0.2, 0.25) is 6.79 Å². The highest BCUT2D eigenvalue weighted by molar-refractivity contribution is 5.72. The number of fused-ring (bicyclic) bond motifs is 2. The van der Waals surface area contributed by atoms with Gasteiger partial charge in [0.15, 0.2) is 11.5 Å². The van der Waals surface area contributed by atoms with E-state index in [1.165, 1.54) is 0 Å². The van der Waals surface area contributed by atoms with E-state index in [-0.39, 0.29) is 12.7 Å². The molecular weight excluding hydrogens is 196 g/mol. The van der Waals surface area contributed by atoms with Crippen LogP contribution >= 0.6 is 0 Å². The van der Waals surface area contributed by atoms with Crippen molar-refractivity contribution in [2.45, 2.75) is 12.8 Å². The van der Waals surface area contributed by atoms with Gasteiger partial charge >= 0.3 is 5.97 Å². The minimum atomic E-state index is -0.729. The third-order valence-electron chi connectivity index (χ3n) is 2.98. The molecule has 0 saturated heterocycles. The first kappa shape index (κ1) is 8.59. The molecule has 2 aliphatic rings. The van der Waals surface area contributed by atoms with Gasteiger partial charge in [0.05, 0.1) is 5.92 Å². The molecule has 1 aliphatic carbocycles. The highest BCUT2D eigenvalue weighted by Crippen LogP contribution is 2.39. The summed E-state index contributed by atoms with van der Waals surface area (Å²) in [6, 6.07) is 3.81. The van der Waals surface area contributed by atoms with Crippen LogP contribution in [0.1, 0.15) is 11.1 Å². The molecule has 0 fully saturated rings. The average Bonchev–Trinajstić information content (AvgIpc) is 2.77. The van der Waals surface area contributed by atoms with E-state index in [0.29, 0.717) is 12.8 Å². The Hall–Kier alpha value is -1.71. The number of ether oxygens (including phenoxy) is 2. The molecule has 0 unspecified atom stereocenters. The quantitative estimate of drug-likeness (QED) is 0.750. The van der Waals surface area contributed by atoms with Gasteiger partial charge in [-0.3, -0.25) is 4.79 Å². The SMILES string of the molecule is O=C(O)C1Cc2cc3c(cc2C1)OCO3. The van der Waals surface area contributed by atoms with E-state index in [4.69, 9.17) is 14.6 Å². The zero-order valence-corrected chi connectivity index (χ0v) is 8.03. The van der Waals surface area contributed by atoms with Gasteiger partial charge in [-0.2, -0.15) is 0 Å². The van der Waals surface area contributed by atoms with Crippen molar-refractivity contribution >= 4 is 5.97 Å². The number of carboxylic acid groups (broad SMARTS) is 1. The smallest absolute Gasteiger partial charge is 0.307 e. The average molecular weight is 206 g/mol. The Balaban J connectivity index is 1.98. The molecule has 1 heterocycles. The Labute approximate surface area is 86.4 Å². The van der Waals surface area contributed by atoms with E-state index in [1.807, 2.05) is 12.1 Å². The fraction of sp³-hybridized carbons (Fsp3) is 0.364. The van der Waals surface area contributed by atoms with Crippen LogP contribution in [0, 0.1) is 5.92 Å². The lowest BCUT2D eigenvalue weighted by Crippen LogP contribution is -2.12. The van der Waals surface area contributed by atoms with Crippen LogP contribution in [-0.2, 0) is 17.6 Å². The highest BCUT2D eigenvalue weighted by Gasteiger charge is 2.29. The standard InChI is InChI=1S/C11H10O4/c12-11(13)8-1-6-3-9-10(15-5-14-9)4-7(6)2-8/h3-4,8H,1-2,5H2,(H,12,13). The minimum Gasteiger partial charge on any atom is -0.481 e. The number of aliphatic carboxylic acids is 1. The third kappa shape index (κ3) is 1.25. The van der Waals surface area contributed by atoms with Crippen molar-refractivity contribution in [3.05, 3.63) is 23.3 Å². The second-order valence-electron chi connectivity index (χ2n) is 3.92. The first-order valence-corrected chi connectivity index (χ1v) is 4.88. The molecule has 0 spiro atoms. The van der Waals surface area contributed by atoms with Crippen molar-refractivity contribution in [3.63, 3.8) is 0 Å². The summed E-state index contributed by atoms with van der Waals surface area (Å²) in [5.74, 6) is 0.454. The molecule has 0 amide bonds. The summed E-state index contributed by atoms with van der Waals surface area (Å²) in [5.41, 5.74) is 2.15. The van der Waals surface area contributed by atoms with Gasteiger partial charge in [0, 0.05) is 0 Å². The van der Waals surface area contributed by atoms with Crippen molar-refractivity contribution in [2.24, 2.45) is 5.92 Å². The molecule has 78 valence electrons. The number of carbonyl (C=O) groups is 1. The predicted molar refractivity (Wildman–Crippen MR) is 51.1 cm³/mol. The zero-order valence-electron chi connectivity index (χ0n) is 8.03. The number of carboxylic acids is 1. The van der Waals surface area contributed by atoms with Crippen LogP contribution in [0.25, 0.3) is 0 Å². The predicted octanol–water partition coefficient (Wildman–Crippen LogP) is 1.21. The third-order valence-corrected chi connectivity index (χ3v) is 2.98. The molecule has 0 radical (unpaired) electrons. The van der Waals surface area contributed by atoms with Crippen molar-refractivity contribution in [3.8, 4) is 11.5 Å². The summed E-state index contributed by atoms with van der Waals surface area (Å²) < 4.78 is 10.5. The van der Waals surface area contributed by atoms with Crippen LogP contribution in [0.4, 0.5) is 0 Å². The summed E-state index contributed by atoms with van der Waals surface area (Å²) >= 11 is 0. The second-order valence-corrected chi connectivity index (χ2v) is 3.92. The van der Waals surface area contributed by atoms with Crippen molar-refractivity contribution in [2.75, 3.05) is 6.79 Å². The number of rotatable bonds is 1. The maximum absolute atomic E-state index is 10.9. The molecule has 0 bridgehead atoms. The maximum atomic E-state index is 10.9. The molecule has 1 aromatic rings. The van der Waals surface area contributed by atoms with E-state index in [1.54, 1.807) is 0 Å². The molecule has 4 heteroatoms. The Kier molecular flexibility index (Phi) is 1.65. The Morgan fingerprint density at radius 2 is 1.73 bits per heavy atom. The lowest BCUT2D eigenvalue weighted by Gasteiger charge is -2.00. The van der Waals surface area contributed by atoms with Crippen LogP contribution in [-0.4, -0.2) is 17.9 Å². The molecule has 1 aliphatic heterocycles. The van der Waals surface area contributed by atoms with Gasteiger partial charge in [-0.1, -0.05) is 0 Å². The van der Waals surface area contributed by atoms with Gasteiger partial charge in [0.25, 0.3) is 0 Å². The Morgan fingerprint density at radius 1 is 1.20 bits per heavy atom. The number of hydrogen-bond acceptors (Lipinski definition) is 3. The largest absolute Gasteiger partial charge is 0.481 e. The summed E-state index contributed by atoms with van der Waals surface area (Å²) in [5, 5.41) is 8.93. The first-order valence-electron chi connectivity index (χ1n) is 4.88. The van der Waals surface area contributed by atoms with E-state index >= 15 is 0 Å². The van der Waals surface area contributed by atoms with Crippen molar-refractivity contribution in [1.82, 2.24) is 0 Å². The van der Waals surface area contributed by atoms with E-state index in [9.17, 15) is 4.79 Å². The van der Waals surface area contributed by atoms with E-state index in [0.717, 1.165) is 22.6 Å². The molecule has 1 aromatic carbocycles. The highest BCUT2D eigenvalue weighted by atomic mass is 16.7. The monoisotopic (exact) mass is 206 g/mol. The van der Waals surface area contributed by atoms with Crippen LogP contribution in [0.3, 0.4) is 0 Å². The van der Waals surface area contributed by atoms with Crippen LogP contribution in [0.2, 0.25) is 0 Å². The fourth-order valence-corrected chi connectivity index (χ4v) is 2.18. The molecule has 0 atom stereocenters. The lowest BCUT2D eigenvalue weighted by molar-refractivity contribution is -0.141. The fourth-order valence-electron chi connectivity index (χ4n) is 2.18. The van der Waals surface area contributed by atoms with Crippen LogP contribution < -0.4 is 9.47 Å². The number of hydrogen-bond donors (Lipinski definition) is 1.